The van der Waals surface area contributed by atoms with Crippen LogP contribution >= 0.6 is 0 Å². The Bertz CT molecular complexity index is 542. The number of ether oxygens (including phenoxy) is 2. The zero-order valence-electron chi connectivity index (χ0n) is 18.4. The molecule has 2 aliphatic rings. The minimum Gasteiger partial charge on any atom is -0.348 e. The summed E-state index contributed by atoms with van der Waals surface area (Å²) < 4.78 is 25.0. The molecule has 1 aliphatic carbocycles. The van der Waals surface area contributed by atoms with Gasteiger partial charge >= 0.3 is 0 Å². The largest absolute Gasteiger partial charge is 0.348 e. The number of hydrogen-bond acceptors (Lipinski definition) is 2. The predicted molar refractivity (Wildman–Crippen MR) is 117 cm³/mol. The van der Waals surface area contributed by atoms with Crippen molar-refractivity contribution in [1.82, 2.24) is 0 Å². The maximum Gasteiger partial charge on any atom is 0.183 e. The van der Waals surface area contributed by atoms with Crippen LogP contribution in [0.2, 0.25) is 0 Å². The molecule has 2 nitrogen and oxygen atoms in total. The van der Waals surface area contributed by atoms with Gasteiger partial charge in [0.1, 0.15) is 5.82 Å². The first-order valence-corrected chi connectivity index (χ1v) is 12.2. The maximum atomic E-state index is 13.1. The van der Waals surface area contributed by atoms with Gasteiger partial charge in [-0.1, -0.05) is 89.7 Å². The number of rotatable bonds is 11. The fourth-order valence-corrected chi connectivity index (χ4v) is 5.12. The zero-order chi connectivity index (χ0) is 20.3. The maximum absolute atomic E-state index is 13.1. The summed E-state index contributed by atoms with van der Waals surface area (Å²) in [6, 6.07) is 6.47. The lowest BCUT2D eigenvalue weighted by Gasteiger charge is -2.38. The Balaban J connectivity index is 1.25. The van der Waals surface area contributed by atoms with Gasteiger partial charge in [-0.3, -0.25) is 0 Å². The van der Waals surface area contributed by atoms with Crippen LogP contribution in [-0.2, 0) is 9.47 Å². The van der Waals surface area contributed by atoms with E-state index in [0.717, 1.165) is 30.6 Å². The van der Waals surface area contributed by atoms with Crippen LogP contribution in [0, 0.1) is 23.6 Å². The highest BCUT2D eigenvalue weighted by molar-refractivity contribution is 5.17. The summed E-state index contributed by atoms with van der Waals surface area (Å²) in [5.41, 5.74) is 0.916. The Hall–Kier alpha value is -0.930. The molecule has 0 spiro atoms. The Morgan fingerprint density at radius 3 is 1.97 bits per heavy atom. The van der Waals surface area contributed by atoms with Crippen LogP contribution in [-0.4, -0.2) is 13.2 Å². The molecule has 0 radical (unpaired) electrons. The van der Waals surface area contributed by atoms with Gasteiger partial charge in [-0.25, -0.2) is 4.39 Å². The zero-order valence-corrected chi connectivity index (χ0v) is 18.4. The van der Waals surface area contributed by atoms with Gasteiger partial charge in [0.25, 0.3) is 0 Å². The second-order valence-electron chi connectivity index (χ2n) is 9.35. The van der Waals surface area contributed by atoms with Crippen LogP contribution in [0.3, 0.4) is 0 Å². The van der Waals surface area contributed by atoms with Crippen LogP contribution < -0.4 is 0 Å². The monoisotopic (exact) mass is 404 g/mol. The first kappa shape index (κ1) is 22.7. The molecule has 1 heterocycles. The van der Waals surface area contributed by atoms with E-state index in [1.807, 2.05) is 0 Å². The highest BCUT2D eigenvalue weighted by Gasteiger charge is 2.32. The number of hydrogen-bond donors (Lipinski definition) is 0. The lowest BCUT2D eigenvalue weighted by molar-refractivity contribution is -0.214. The summed E-state index contributed by atoms with van der Waals surface area (Å²) in [4.78, 5) is 0. The van der Waals surface area contributed by atoms with Crippen LogP contribution in [0.1, 0.15) is 102 Å². The third kappa shape index (κ3) is 7.68. The average Bonchev–Trinajstić information content (AvgIpc) is 2.77. The summed E-state index contributed by atoms with van der Waals surface area (Å²) in [5, 5.41) is 0. The third-order valence-corrected chi connectivity index (χ3v) is 7.09. The molecule has 0 unspecified atom stereocenters. The molecule has 0 N–H and O–H groups in total. The van der Waals surface area contributed by atoms with Gasteiger partial charge in [-0.05, 0) is 36.8 Å². The Morgan fingerprint density at radius 1 is 0.759 bits per heavy atom. The van der Waals surface area contributed by atoms with E-state index >= 15 is 0 Å². The van der Waals surface area contributed by atoms with Gasteiger partial charge in [0.2, 0.25) is 0 Å². The van der Waals surface area contributed by atoms with Gasteiger partial charge in [0.05, 0.1) is 13.2 Å². The van der Waals surface area contributed by atoms with Gasteiger partial charge in [0, 0.05) is 11.5 Å². The highest BCUT2D eigenvalue weighted by atomic mass is 19.1. The molecule has 1 aliphatic heterocycles. The Morgan fingerprint density at radius 2 is 1.34 bits per heavy atom. The molecule has 0 atom stereocenters. The lowest BCUT2D eigenvalue weighted by atomic mass is 9.74. The van der Waals surface area contributed by atoms with E-state index in [1.165, 1.54) is 95.6 Å². The van der Waals surface area contributed by atoms with Crippen LogP contribution in [0.25, 0.3) is 0 Å². The smallest absolute Gasteiger partial charge is 0.183 e. The molecule has 29 heavy (non-hydrogen) atoms. The molecule has 3 heteroatoms. The van der Waals surface area contributed by atoms with E-state index in [-0.39, 0.29) is 12.1 Å². The van der Waals surface area contributed by atoms with Crippen molar-refractivity contribution < 1.29 is 13.9 Å². The highest BCUT2D eigenvalue weighted by Crippen LogP contribution is 2.38. The van der Waals surface area contributed by atoms with E-state index in [9.17, 15) is 4.39 Å². The molecule has 1 aromatic rings. The normalized spacial score (nSPS) is 27.8. The summed E-state index contributed by atoms with van der Waals surface area (Å²) in [6.45, 7) is 3.83. The van der Waals surface area contributed by atoms with Crippen molar-refractivity contribution >= 4 is 0 Å². The minimum atomic E-state index is -0.329. The van der Waals surface area contributed by atoms with Crippen molar-refractivity contribution in [3.8, 4) is 0 Å². The van der Waals surface area contributed by atoms with Gasteiger partial charge in [-0.15, -0.1) is 0 Å². The fraction of sp³-hybridized carbons (Fsp3) is 0.769. The fourth-order valence-electron chi connectivity index (χ4n) is 5.12. The predicted octanol–water partition coefficient (Wildman–Crippen LogP) is 7.82. The lowest BCUT2D eigenvalue weighted by Crippen LogP contribution is -2.34. The topological polar surface area (TPSA) is 18.5 Å². The standard InChI is InChI=1S/C26H41FO2/c1-2-3-4-5-6-7-8-9-10-21-11-13-22(14-12-21)24-19-28-26(29-20-24)23-15-17-25(27)18-16-23/h15-18,21-22,24,26H,2-14,19-20H2,1H3/t21-,22-,24-,26-. The van der Waals surface area contributed by atoms with E-state index in [1.54, 1.807) is 12.1 Å². The van der Waals surface area contributed by atoms with E-state index < -0.39 is 0 Å². The van der Waals surface area contributed by atoms with Crippen molar-refractivity contribution in [3.05, 3.63) is 35.6 Å². The second kappa shape index (κ2) is 12.7. The quantitative estimate of drug-likeness (QED) is 0.350. The minimum absolute atomic E-state index is 0.217. The number of benzene rings is 1. The molecule has 0 amide bonds. The molecule has 1 aromatic carbocycles. The van der Waals surface area contributed by atoms with E-state index in [0.29, 0.717) is 5.92 Å². The molecule has 3 rings (SSSR count). The first-order valence-electron chi connectivity index (χ1n) is 12.2. The third-order valence-electron chi connectivity index (χ3n) is 7.09. The average molecular weight is 405 g/mol. The molecule has 0 bridgehead atoms. The van der Waals surface area contributed by atoms with Crippen molar-refractivity contribution in [1.29, 1.82) is 0 Å². The molecular weight excluding hydrogens is 363 g/mol. The van der Waals surface area contributed by atoms with Gasteiger partial charge < -0.3 is 9.47 Å². The second-order valence-corrected chi connectivity index (χ2v) is 9.35. The molecule has 0 aromatic heterocycles. The van der Waals surface area contributed by atoms with Crippen LogP contribution in [0.15, 0.2) is 24.3 Å². The van der Waals surface area contributed by atoms with Crippen molar-refractivity contribution in [2.45, 2.75) is 96.7 Å². The van der Waals surface area contributed by atoms with Crippen molar-refractivity contribution in [2.75, 3.05) is 13.2 Å². The molecule has 1 saturated heterocycles. The number of unbranched alkanes of at least 4 members (excludes halogenated alkanes) is 7. The Labute approximate surface area is 177 Å². The van der Waals surface area contributed by atoms with Crippen LogP contribution in [0.5, 0.6) is 0 Å². The SMILES string of the molecule is CCCCCCCCCC[C@H]1CC[C@H]([C@H]2CO[C@H](c3ccc(F)cc3)OC2)CC1. The number of halogens is 1. The van der Waals surface area contributed by atoms with Crippen molar-refractivity contribution in [3.63, 3.8) is 0 Å². The van der Waals surface area contributed by atoms with Crippen LogP contribution in [0.4, 0.5) is 4.39 Å². The Kier molecular flexibility index (Phi) is 9.96. The van der Waals surface area contributed by atoms with Crippen molar-refractivity contribution in [2.24, 2.45) is 17.8 Å². The summed E-state index contributed by atoms with van der Waals surface area (Å²) >= 11 is 0. The van der Waals surface area contributed by atoms with E-state index in [4.69, 9.17) is 9.47 Å². The van der Waals surface area contributed by atoms with E-state index in [2.05, 4.69) is 6.92 Å². The first-order chi connectivity index (χ1) is 14.3. The molecule has 1 saturated carbocycles. The van der Waals surface area contributed by atoms with Gasteiger partial charge in [0.15, 0.2) is 6.29 Å². The molecule has 2 fully saturated rings. The summed E-state index contributed by atoms with van der Waals surface area (Å²) in [7, 11) is 0. The summed E-state index contributed by atoms with van der Waals surface area (Å²) in [6.07, 6.45) is 17.9. The van der Waals surface area contributed by atoms with Gasteiger partial charge in [-0.2, -0.15) is 0 Å². The summed E-state index contributed by atoms with van der Waals surface area (Å²) in [5.74, 6) is 2.00. The molecule has 164 valence electrons. The molecular formula is C26H41FO2.